The third-order valence-corrected chi connectivity index (χ3v) is 4.99. The second-order valence-electron chi connectivity index (χ2n) is 5.95. The fourth-order valence-electron chi connectivity index (χ4n) is 2.43. The second kappa shape index (κ2) is 11.5. The summed E-state index contributed by atoms with van der Waals surface area (Å²) in [7, 11) is 4.84. The molecule has 0 fully saturated rings. The molecule has 0 aliphatic carbocycles. The summed E-state index contributed by atoms with van der Waals surface area (Å²) in [6.45, 7) is 1.97. The van der Waals surface area contributed by atoms with Crippen LogP contribution in [0, 0.1) is 0 Å². The van der Waals surface area contributed by atoms with E-state index in [-0.39, 0.29) is 11.7 Å². The smallest absolute Gasteiger partial charge is 0.233 e. The number of benzene rings is 1. The van der Waals surface area contributed by atoms with Gasteiger partial charge in [-0.05, 0) is 17.7 Å². The molecule has 0 aliphatic rings. The van der Waals surface area contributed by atoms with E-state index in [0.717, 1.165) is 11.3 Å². The highest BCUT2D eigenvalue weighted by atomic mass is 32.2. The lowest BCUT2D eigenvalue weighted by Gasteiger charge is -2.21. The summed E-state index contributed by atoms with van der Waals surface area (Å²) in [4.78, 5) is 14.2. The van der Waals surface area contributed by atoms with E-state index in [1.165, 1.54) is 16.4 Å². The Hall–Kier alpha value is -2.30. The lowest BCUT2D eigenvalue weighted by atomic mass is 10.1. The molecule has 10 heteroatoms. The van der Waals surface area contributed by atoms with Crippen molar-refractivity contribution >= 4 is 17.7 Å². The van der Waals surface area contributed by atoms with Gasteiger partial charge in [0.2, 0.25) is 11.1 Å². The molecule has 0 radical (unpaired) electrons. The van der Waals surface area contributed by atoms with E-state index in [9.17, 15) is 4.79 Å². The van der Waals surface area contributed by atoms with Crippen molar-refractivity contribution in [2.24, 2.45) is 0 Å². The van der Waals surface area contributed by atoms with Gasteiger partial charge in [-0.3, -0.25) is 4.79 Å². The first-order chi connectivity index (χ1) is 13.6. The number of methoxy groups -OCH3 is 3. The van der Waals surface area contributed by atoms with Crippen LogP contribution in [0.2, 0.25) is 0 Å². The molecule has 28 heavy (non-hydrogen) atoms. The highest BCUT2D eigenvalue weighted by Gasteiger charge is 2.17. The van der Waals surface area contributed by atoms with Crippen LogP contribution in [0.3, 0.4) is 0 Å². The minimum absolute atomic E-state index is 0.0289. The number of aromatic nitrogens is 3. The number of nitrogen functional groups attached to an aromatic ring is 1. The summed E-state index contributed by atoms with van der Waals surface area (Å²) < 4.78 is 16.7. The van der Waals surface area contributed by atoms with Crippen molar-refractivity contribution < 1.29 is 19.0 Å². The fraction of sp³-hybridized carbons (Fsp3) is 0.500. The van der Waals surface area contributed by atoms with Gasteiger partial charge in [0.05, 0.1) is 26.1 Å². The summed E-state index contributed by atoms with van der Waals surface area (Å²) in [6.07, 6.45) is 0.538. The maximum Gasteiger partial charge on any atom is 0.233 e. The molecule has 2 aromatic rings. The van der Waals surface area contributed by atoms with Crippen molar-refractivity contribution in [2.75, 3.05) is 59.2 Å². The van der Waals surface area contributed by atoms with Crippen molar-refractivity contribution in [3.63, 3.8) is 0 Å². The normalized spacial score (nSPS) is 10.8. The van der Waals surface area contributed by atoms with Gasteiger partial charge in [0, 0.05) is 33.7 Å². The maximum absolute atomic E-state index is 12.5. The Labute approximate surface area is 169 Å². The second-order valence-corrected chi connectivity index (χ2v) is 6.89. The van der Waals surface area contributed by atoms with Crippen molar-refractivity contribution in [2.45, 2.75) is 11.6 Å². The zero-order valence-corrected chi connectivity index (χ0v) is 17.3. The Morgan fingerprint density at radius 3 is 2.32 bits per heavy atom. The number of nitrogens with two attached hydrogens (primary N) is 1. The van der Waals surface area contributed by atoms with Gasteiger partial charge in [-0.15, -0.1) is 10.2 Å². The van der Waals surface area contributed by atoms with E-state index < -0.39 is 0 Å². The molecule has 0 aliphatic heterocycles. The summed E-state index contributed by atoms with van der Waals surface area (Å²) >= 11 is 1.26. The molecule has 0 spiro atoms. The number of hydrogen-bond donors (Lipinski definition) is 1. The highest BCUT2D eigenvalue weighted by Crippen LogP contribution is 2.18. The van der Waals surface area contributed by atoms with E-state index in [4.69, 9.17) is 20.1 Å². The van der Waals surface area contributed by atoms with Gasteiger partial charge in [-0.2, -0.15) is 0 Å². The van der Waals surface area contributed by atoms with Crippen molar-refractivity contribution in [1.82, 2.24) is 19.8 Å². The van der Waals surface area contributed by atoms with Gasteiger partial charge in [-0.1, -0.05) is 23.9 Å². The van der Waals surface area contributed by atoms with Crippen LogP contribution < -0.4 is 10.6 Å². The van der Waals surface area contributed by atoms with Crippen LogP contribution in [0.5, 0.6) is 5.75 Å². The van der Waals surface area contributed by atoms with E-state index in [1.54, 1.807) is 26.2 Å². The first-order valence-electron chi connectivity index (χ1n) is 8.79. The van der Waals surface area contributed by atoms with Gasteiger partial charge < -0.3 is 25.0 Å². The first kappa shape index (κ1) is 22.0. The van der Waals surface area contributed by atoms with Crippen molar-refractivity contribution in [1.29, 1.82) is 0 Å². The number of thioether (sulfide) groups is 1. The third-order valence-electron chi connectivity index (χ3n) is 4.06. The van der Waals surface area contributed by atoms with Gasteiger partial charge in [-0.25, -0.2) is 4.68 Å². The van der Waals surface area contributed by atoms with Gasteiger partial charge in [0.15, 0.2) is 5.82 Å². The largest absolute Gasteiger partial charge is 0.497 e. The number of ether oxygens (including phenoxy) is 3. The molecule has 9 nitrogen and oxygen atoms in total. The monoisotopic (exact) mass is 409 g/mol. The Balaban J connectivity index is 1.93. The number of rotatable bonds is 12. The molecule has 0 saturated carbocycles. The first-order valence-corrected chi connectivity index (χ1v) is 9.78. The molecule has 0 bridgehead atoms. The number of nitrogens with zero attached hydrogens (tertiary/aromatic N) is 4. The van der Waals surface area contributed by atoms with Crippen molar-refractivity contribution in [3.8, 4) is 5.75 Å². The highest BCUT2D eigenvalue weighted by molar-refractivity contribution is 7.99. The Bertz CT molecular complexity index is 730. The van der Waals surface area contributed by atoms with Crippen molar-refractivity contribution in [3.05, 3.63) is 35.7 Å². The summed E-state index contributed by atoms with van der Waals surface area (Å²) in [6, 6.07) is 7.67. The SMILES string of the molecule is COCCN(CCOC)C(=O)CSc1nnc(Cc2ccc(OC)cc2)n1N. The van der Waals surface area contributed by atoms with Gasteiger partial charge >= 0.3 is 0 Å². The van der Waals surface area contributed by atoms with E-state index in [2.05, 4.69) is 10.2 Å². The van der Waals surface area contributed by atoms with E-state index in [0.29, 0.717) is 43.7 Å². The fourth-order valence-corrected chi connectivity index (χ4v) is 3.21. The number of amides is 1. The average molecular weight is 410 g/mol. The Kier molecular flexibility index (Phi) is 9.05. The topological polar surface area (TPSA) is 105 Å². The maximum atomic E-state index is 12.5. The van der Waals surface area contributed by atoms with Crippen LogP contribution in [-0.4, -0.2) is 79.1 Å². The lowest BCUT2D eigenvalue weighted by molar-refractivity contribution is -0.129. The molecular weight excluding hydrogens is 382 g/mol. The minimum Gasteiger partial charge on any atom is -0.497 e. The third kappa shape index (κ3) is 6.39. The summed E-state index contributed by atoms with van der Waals surface area (Å²) in [5.74, 6) is 7.71. The molecule has 1 amide bonds. The predicted octanol–water partition coefficient (Wildman–Crippen LogP) is 0.805. The van der Waals surface area contributed by atoms with Gasteiger partial charge in [0.1, 0.15) is 5.75 Å². The molecule has 1 aromatic heterocycles. The van der Waals surface area contributed by atoms with Crippen LogP contribution >= 0.6 is 11.8 Å². The molecule has 154 valence electrons. The van der Waals surface area contributed by atoms with Crippen LogP contribution in [0.1, 0.15) is 11.4 Å². The zero-order valence-electron chi connectivity index (χ0n) is 16.5. The molecular formula is C18H27N5O4S. The predicted molar refractivity (Wildman–Crippen MR) is 107 cm³/mol. The zero-order chi connectivity index (χ0) is 20.4. The summed E-state index contributed by atoms with van der Waals surface area (Å²) in [5, 5.41) is 8.75. The van der Waals surface area contributed by atoms with Crippen LogP contribution in [0.15, 0.2) is 29.4 Å². The average Bonchev–Trinajstić information content (AvgIpc) is 3.06. The molecule has 1 heterocycles. The van der Waals surface area contributed by atoms with Crippen LogP contribution in [0.25, 0.3) is 0 Å². The van der Waals surface area contributed by atoms with Crippen LogP contribution in [0.4, 0.5) is 0 Å². The molecule has 2 N–H and O–H groups in total. The number of hydrogen-bond acceptors (Lipinski definition) is 8. The molecule has 2 rings (SSSR count). The molecule has 0 saturated heterocycles. The standard InChI is InChI=1S/C18H27N5O4S/c1-25-10-8-22(9-11-26-2)17(24)13-28-18-21-20-16(23(18)19)12-14-4-6-15(27-3)7-5-14/h4-7H,8-13,19H2,1-3H3. The summed E-state index contributed by atoms with van der Waals surface area (Å²) in [5.41, 5.74) is 1.04. The molecule has 1 aromatic carbocycles. The van der Waals surface area contributed by atoms with Gasteiger partial charge in [0.25, 0.3) is 0 Å². The minimum atomic E-state index is -0.0289. The van der Waals surface area contributed by atoms with E-state index in [1.807, 2.05) is 24.3 Å². The number of carbonyl (C=O) groups excluding carboxylic acids is 1. The lowest BCUT2D eigenvalue weighted by Crippen LogP contribution is -2.37. The Morgan fingerprint density at radius 1 is 1.11 bits per heavy atom. The number of carbonyl (C=O) groups is 1. The molecule has 0 atom stereocenters. The van der Waals surface area contributed by atoms with E-state index >= 15 is 0 Å². The van der Waals surface area contributed by atoms with Crippen LogP contribution in [-0.2, 0) is 20.7 Å². The molecule has 0 unspecified atom stereocenters. The quantitative estimate of drug-likeness (QED) is 0.406. The Morgan fingerprint density at radius 2 is 1.75 bits per heavy atom.